The van der Waals surface area contributed by atoms with Gasteiger partial charge in [-0.3, -0.25) is 4.21 Å². The SMILES string of the molecule is Cc1c(C)c(C)c2c(S(C)=O)c3c(C)c(C)c(C)c(C)c3c(C)c2c1C. The van der Waals surface area contributed by atoms with Crippen LogP contribution in [0.3, 0.4) is 0 Å². The number of rotatable bonds is 1. The molecule has 0 heterocycles. The summed E-state index contributed by atoms with van der Waals surface area (Å²) in [4.78, 5) is 1.02. The molecule has 3 aromatic carbocycles. The lowest BCUT2D eigenvalue weighted by molar-refractivity contribution is 0.688. The van der Waals surface area contributed by atoms with Gasteiger partial charge >= 0.3 is 0 Å². The van der Waals surface area contributed by atoms with Crippen LogP contribution in [-0.4, -0.2) is 10.5 Å². The molecule has 1 nitrogen and oxygen atoms in total. The third-order valence-corrected chi connectivity index (χ3v) is 7.85. The Balaban J connectivity index is 2.90. The van der Waals surface area contributed by atoms with Crippen LogP contribution in [0.2, 0.25) is 0 Å². The Hall–Kier alpha value is -1.67. The Labute approximate surface area is 160 Å². The zero-order chi connectivity index (χ0) is 19.7. The fourth-order valence-corrected chi connectivity index (χ4v) is 5.75. The van der Waals surface area contributed by atoms with E-state index in [0.29, 0.717) is 0 Å². The van der Waals surface area contributed by atoms with Crippen LogP contribution >= 0.6 is 0 Å². The van der Waals surface area contributed by atoms with E-state index in [-0.39, 0.29) is 0 Å². The molecule has 0 aliphatic rings. The number of fused-ring (bicyclic) bond motifs is 2. The summed E-state index contributed by atoms with van der Waals surface area (Å²) < 4.78 is 13.0. The van der Waals surface area contributed by atoms with E-state index in [1.165, 1.54) is 71.6 Å². The predicted octanol–water partition coefficient (Wildman–Crippen LogP) is 6.51. The van der Waals surface area contributed by atoms with Crippen molar-refractivity contribution in [1.82, 2.24) is 0 Å². The van der Waals surface area contributed by atoms with Gasteiger partial charge in [0.1, 0.15) is 0 Å². The predicted molar refractivity (Wildman–Crippen MR) is 116 cm³/mol. The summed E-state index contributed by atoms with van der Waals surface area (Å²) in [5.74, 6) is 0. The highest BCUT2D eigenvalue weighted by atomic mass is 32.2. The molecule has 0 saturated carbocycles. The summed E-state index contributed by atoms with van der Waals surface area (Å²) in [6.07, 6.45) is 1.83. The minimum Gasteiger partial charge on any atom is -0.255 e. The van der Waals surface area contributed by atoms with Gasteiger partial charge in [0, 0.05) is 17.0 Å². The van der Waals surface area contributed by atoms with Crippen LogP contribution in [0.25, 0.3) is 21.5 Å². The molecule has 138 valence electrons. The van der Waals surface area contributed by atoms with Crippen molar-refractivity contribution in [3.8, 4) is 0 Å². The normalized spacial score (nSPS) is 13.0. The molecule has 0 N–H and O–H groups in total. The second-order valence-electron chi connectivity index (χ2n) is 7.91. The second-order valence-corrected chi connectivity index (χ2v) is 9.22. The Morgan fingerprint density at radius 1 is 0.423 bits per heavy atom. The monoisotopic (exact) mass is 366 g/mol. The number of aryl methyl sites for hydroxylation is 5. The minimum absolute atomic E-state index is 1.02. The first-order valence-corrected chi connectivity index (χ1v) is 10.8. The molecule has 0 bridgehead atoms. The fraction of sp³-hybridized carbons (Fsp3) is 0.417. The first-order valence-electron chi connectivity index (χ1n) is 9.28. The van der Waals surface area contributed by atoms with Crippen LogP contribution in [0.5, 0.6) is 0 Å². The number of hydrogen-bond donors (Lipinski definition) is 0. The molecule has 1 atom stereocenters. The Morgan fingerprint density at radius 3 is 0.962 bits per heavy atom. The van der Waals surface area contributed by atoms with Gasteiger partial charge in [-0.15, -0.1) is 0 Å². The van der Waals surface area contributed by atoms with E-state index in [1.807, 2.05) is 6.26 Å². The van der Waals surface area contributed by atoms with E-state index >= 15 is 0 Å². The quantitative estimate of drug-likeness (QED) is 0.449. The highest BCUT2D eigenvalue weighted by Crippen LogP contribution is 2.43. The smallest absolute Gasteiger partial charge is 0.0547 e. The molecule has 0 saturated heterocycles. The summed E-state index contributed by atoms with van der Waals surface area (Å²) in [6.45, 7) is 19.9. The first kappa shape index (κ1) is 19.1. The zero-order valence-electron chi connectivity index (χ0n) is 17.8. The third-order valence-electron chi connectivity index (χ3n) is 6.87. The highest BCUT2D eigenvalue weighted by molar-refractivity contribution is 7.84. The molecular weight excluding hydrogens is 336 g/mol. The van der Waals surface area contributed by atoms with Crippen LogP contribution in [0.15, 0.2) is 4.90 Å². The van der Waals surface area contributed by atoms with E-state index in [1.54, 1.807) is 0 Å². The fourth-order valence-electron chi connectivity index (χ4n) is 4.67. The van der Waals surface area contributed by atoms with Crippen molar-refractivity contribution in [2.45, 2.75) is 67.2 Å². The molecule has 0 spiro atoms. The van der Waals surface area contributed by atoms with Crippen LogP contribution in [0, 0.1) is 62.3 Å². The molecule has 0 amide bonds. The van der Waals surface area contributed by atoms with Crippen LogP contribution in [-0.2, 0) is 10.8 Å². The summed E-state index contributed by atoms with van der Waals surface area (Å²) in [7, 11) is -1.05. The molecular formula is C24H30OS. The van der Waals surface area contributed by atoms with E-state index in [4.69, 9.17) is 0 Å². The lowest BCUT2D eigenvalue weighted by atomic mass is 9.83. The van der Waals surface area contributed by atoms with Crippen molar-refractivity contribution in [1.29, 1.82) is 0 Å². The molecule has 3 aromatic rings. The molecule has 3 rings (SSSR count). The Kier molecular flexibility index (Phi) is 4.55. The minimum atomic E-state index is -1.05. The summed E-state index contributed by atoms with van der Waals surface area (Å²) >= 11 is 0. The molecule has 0 aliphatic carbocycles. The van der Waals surface area contributed by atoms with Crippen molar-refractivity contribution in [2.24, 2.45) is 0 Å². The summed E-state index contributed by atoms with van der Waals surface area (Å²) in [6, 6.07) is 0. The van der Waals surface area contributed by atoms with Crippen LogP contribution in [0.1, 0.15) is 50.1 Å². The van der Waals surface area contributed by atoms with Crippen LogP contribution < -0.4 is 0 Å². The average molecular weight is 367 g/mol. The van der Waals surface area contributed by atoms with E-state index < -0.39 is 10.8 Å². The van der Waals surface area contributed by atoms with Crippen molar-refractivity contribution in [3.63, 3.8) is 0 Å². The Bertz CT molecular complexity index is 1050. The molecule has 26 heavy (non-hydrogen) atoms. The highest BCUT2D eigenvalue weighted by Gasteiger charge is 2.23. The van der Waals surface area contributed by atoms with Gasteiger partial charge in [0.25, 0.3) is 0 Å². The maximum absolute atomic E-state index is 13.0. The maximum atomic E-state index is 13.0. The second kappa shape index (κ2) is 6.20. The Morgan fingerprint density at radius 2 is 0.692 bits per heavy atom. The molecule has 1 unspecified atom stereocenters. The molecule has 0 aliphatic heterocycles. The van der Waals surface area contributed by atoms with Crippen molar-refractivity contribution < 1.29 is 4.21 Å². The van der Waals surface area contributed by atoms with Crippen molar-refractivity contribution in [3.05, 3.63) is 50.1 Å². The lowest BCUT2D eigenvalue weighted by Gasteiger charge is -2.24. The third kappa shape index (κ3) is 2.31. The van der Waals surface area contributed by atoms with Gasteiger partial charge in [-0.25, -0.2) is 0 Å². The topological polar surface area (TPSA) is 17.1 Å². The number of hydrogen-bond acceptors (Lipinski definition) is 1. The summed E-state index contributed by atoms with van der Waals surface area (Å²) in [5.41, 5.74) is 11.9. The average Bonchev–Trinajstić information content (AvgIpc) is 2.59. The van der Waals surface area contributed by atoms with E-state index in [9.17, 15) is 4.21 Å². The standard InChI is InChI=1S/C24H30OS/c1-11-13(3)17(7)22-20(15(11)5)19(9)21-16(6)12(2)14(4)18(8)23(21)24(22)26(10)25/h1-10H3. The zero-order valence-corrected chi connectivity index (χ0v) is 18.6. The van der Waals surface area contributed by atoms with Gasteiger partial charge in [0.05, 0.1) is 15.7 Å². The van der Waals surface area contributed by atoms with E-state index in [2.05, 4.69) is 62.3 Å². The lowest BCUT2D eigenvalue weighted by Crippen LogP contribution is -2.05. The van der Waals surface area contributed by atoms with Gasteiger partial charge < -0.3 is 0 Å². The van der Waals surface area contributed by atoms with Gasteiger partial charge in [0.15, 0.2) is 0 Å². The molecule has 0 fully saturated rings. The van der Waals surface area contributed by atoms with Gasteiger partial charge in [-0.2, -0.15) is 0 Å². The molecule has 0 radical (unpaired) electrons. The number of benzene rings is 3. The first-order chi connectivity index (χ1) is 12.0. The largest absolute Gasteiger partial charge is 0.255 e. The maximum Gasteiger partial charge on any atom is 0.0547 e. The molecule has 0 aromatic heterocycles. The molecule has 2 heteroatoms. The van der Waals surface area contributed by atoms with Gasteiger partial charge in [-0.1, -0.05) is 0 Å². The van der Waals surface area contributed by atoms with Crippen molar-refractivity contribution >= 4 is 32.3 Å². The van der Waals surface area contributed by atoms with Gasteiger partial charge in [-0.05, 0) is 123 Å². The summed E-state index contributed by atoms with van der Waals surface area (Å²) in [5, 5.41) is 5.02. The van der Waals surface area contributed by atoms with Gasteiger partial charge in [0.2, 0.25) is 0 Å². The van der Waals surface area contributed by atoms with Crippen molar-refractivity contribution in [2.75, 3.05) is 6.26 Å². The van der Waals surface area contributed by atoms with Crippen LogP contribution in [0.4, 0.5) is 0 Å². The van der Waals surface area contributed by atoms with E-state index in [0.717, 1.165) is 4.90 Å².